The molecule has 2 aromatic rings. The van der Waals surface area contributed by atoms with Gasteiger partial charge in [-0.15, -0.1) is 0 Å². The quantitative estimate of drug-likeness (QED) is 0.596. The van der Waals surface area contributed by atoms with Gasteiger partial charge < -0.3 is 10.2 Å². The molecule has 0 saturated heterocycles. The van der Waals surface area contributed by atoms with E-state index in [1.807, 2.05) is 33.8 Å². The van der Waals surface area contributed by atoms with Gasteiger partial charge in [0.1, 0.15) is 0 Å². The fourth-order valence-corrected chi connectivity index (χ4v) is 3.22. The summed E-state index contributed by atoms with van der Waals surface area (Å²) in [6.45, 7) is 9.05. The molecule has 26 heavy (non-hydrogen) atoms. The van der Waals surface area contributed by atoms with Crippen LogP contribution in [0.3, 0.4) is 0 Å². The van der Waals surface area contributed by atoms with Crippen LogP contribution in [-0.4, -0.2) is 45.5 Å². The van der Waals surface area contributed by atoms with Gasteiger partial charge in [-0.1, -0.05) is 11.8 Å². The standard InChI is InChI=1S/C19H24N4O2S/c1-5-23(6-2)18(25)15-7-9-16(10-8-15)22-17(24)12-26-19-20-13(3)11-14(4)21-19/h7-11H,5-6,12H2,1-4H3,(H,22,24). The zero-order valence-electron chi connectivity index (χ0n) is 15.6. The summed E-state index contributed by atoms with van der Waals surface area (Å²) < 4.78 is 0. The molecule has 0 bridgehead atoms. The molecule has 0 spiro atoms. The second-order valence-corrected chi connectivity index (χ2v) is 6.77. The summed E-state index contributed by atoms with van der Waals surface area (Å²) >= 11 is 1.30. The van der Waals surface area contributed by atoms with Crippen molar-refractivity contribution < 1.29 is 9.59 Å². The van der Waals surface area contributed by atoms with Crippen molar-refractivity contribution in [1.82, 2.24) is 14.9 Å². The fourth-order valence-electron chi connectivity index (χ4n) is 2.47. The van der Waals surface area contributed by atoms with Crippen LogP contribution in [0.4, 0.5) is 5.69 Å². The summed E-state index contributed by atoms with van der Waals surface area (Å²) in [5.41, 5.74) is 3.04. The number of hydrogen-bond donors (Lipinski definition) is 1. The van der Waals surface area contributed by atoms with Gasteiger partial charge in [0.25, 0.3) is 5.91 Å². The number of anilines is 1. The lowest BCUT2D eigenvalue weighted by Gasteiger charge is -2.18. The highest BCUT2D eigenvalue weighted by Crippen LogP contribution is 2.16. The van der Waals surface area contributed by atoms with Crippen molar-refractivity contribution in [1.29, 1.82) is 0 Å². The number of carbonyl (C=O) groups excluding carboxylic acids is 2. The molecule has 138 valence electrons. The second kappa shape index (κ2) is 9.33. The van der Waals surface area contributed by atoms with Crippen LogP contribution in [0.5, 0.6) is 0 Å². The van der Waals surface area contributed by atoms with Gasteiger partial charge in [0, 0.05) is 35.7 Å². The van der Waals surface area contributed by atoms with Gasteiger partial charge in [-0.3, -0.25) is 9.59 Å². The molecule has 0 radical (unpaired) electrons. The number of carbonyl (C=O) groups is 2. The molecule has 1 N–H and O–H groups in total. The molecule has 2 amide bonds. The summed E-state index contributed by atoms with van der Waals surface area (Å²) in [6.07, 6.45) is 0. The van der Waals surface area contributed by atoms with E-state index in [-0.39, 0.29) is 17.6 Å². The lowest BCUT2D eigenvalue weighted by atomic mass is 10.2. The van der Waals surface area contributed by atoms with Crippen molar-refractivity contribution in [3.05, 3.63) is 47.3 Å². The number of aromatic nitrogens is 2. The number of rotatable bonds is 7. The van der Waals surface area contributed by atoms with Crippen LogP contribution in [0.15, 0.2) is 35.5 Å². The molecule has 0 fully saturated rings. The van der Waals surface area contributed by atoms with Crippen molar-refractivity contribution in [3.63, 3.8) is 0 Å². The Kier molecular flexibility index (Phi) is 7.15. The molecule has 1 aromatic heterocycles. The highest BCUT2D eigenvalue weighted by atomic mass is 32.2. The maximum absolute atomic E-state index is 12.3. The maximum Gasteiger partial charge on any atom is 0.253 e. The molecular weight excluding hydrogens is 348 g/mol. The molecule has 0 saturated carbocycles. The lowest BCUT2D eigenvalue weighted by Crippen LogP contribution is -2.30. The van der Waals surface area contributed by atoms with Gasteiger partial charge in [-0.25, -0.2) is 9.97 Å². The average molecular weight is 372 g/mol. The fraction of sp³-hybridized carbons (Fsp3) is 0.368. The Morgan fingerprint density at radius 2 is 1.62 bits per heavy atom. The third-order valence-corrected chi connectivity index (χ3v) is 4.61. The normalized spacial score (nSPS) is 10.5. The van der Waals surface area contributed by atoms with Crippen LogP contribution >= 0.6 is 11.8 Å². The SMILES string of the molecule is CCN(CC)C(=O)c1ccc(NC(=O)CSc2nc(C)cc(C)n2)cc1. The average Bonchev–Trinajstić information content (AvgIpc) is 2.61. The van der Waals surface area contributed by atoms with Crippen LogP contribution < -0.4 is 5.32 Å². The van der Waals surface area contributed by atoms with E-state index < -0.39 is 0 Å². The molecule has 2 rings (SSSR count). The minimum atomic E-state index is -0.138. The number of nitrogens with one attached hydrogen (secondary N) is 1. The van der Waals surface area contributed by atoms with E-state index in [4.69, 9.17) is 0 Å². The minimum Gasteiger partial charge on any atom is -0.339 e. The Labute approximate surface area is 158 Å². The van der Waals surface area contributed by atoms with Crippen molar-refractivity contribution in [2.24, 2.45) is 0 Å². The Balaban J connectivity index is 1.92. The first-order chi connectivity index (χ1) is 12.4. The highest BCUT2D eigenvalue weighted by Gasteiger charge is 2.12. The molecular formula is C19H24N4O2S. The van der Waals surface area contributed by atoms with E-state index in [0.717, 1.165) is 11.4 Å². The first-order valence-electron chi connectivity index (χ1n) is 8.57. The van der Waals surface area contributed by atoms with E-state index in [9.17, 15) is 9.59 Å². The van der Waals surface area contributed by atoms with E-state index in [1.54, 1.807) is 29.2 Å². The number of hydrogen-bond acceptors (Lipinski definition) is 5. The van der Waals surface area contributed by atoms with Gasteiger partial charge in [0.15, 0.2) is 5.16 Å². The summed E-state index contributed by atoms with van der Waals surface area (Å²) in [6, 6.07) is 8.84. The Hall–Kier alpha value is -2.41. The number of aryl methyl sites for hydroxylation is 2. The third-order valence-electron chi connectivity index (χ3n) is 3.76. The molecule has 6 nitrogen and oxygen atoms in total. The predicted octanol–water partition coefficient (Wildman–Crippen LogP) is 3.31. The number of nitrogens with zero attached hydrogens (tertiary/aromatic N) is 3. The Bertz CT molecular complexity index is 753. The Morgan fingerprint density at radius 1 is 1.04 bits per heavy atom. The zero-order chi connectivity index (χ0) is 19.1. The molecule has 0 aliphatic rings. The highest BCUT2D eigenvalue weighted by molar-refractivity contribution is 7.99. The first kappa shape index (κ1) is 19.9. The topological polar surface area (TPSA) is 75.2 Å². The van der Waals surface area contributed by atoms with Gasteiger partial charge in [-0.05, 0) is 58.0 Å². The van der Waals surface area contributed by atoms with Crippen molar-refractivity contribution in [2.75, 3.05) is 24.2 Å². The zero-order valence-corrected chi connectivity index (χ0v) is 16.4. The van der Waals surface area contributed by atoms with Gasteiger partial charge in [-0.2, -0.15) is 0 Å². The summed E-state index contributed by atoms with van der Waals surface area (Å²) in [7, 11) is 0. The van der Waals surface area contributed by atoms with E-state index in [0.29, 0.717) is 29.5 Å². The monoisotopic (exact) mass is 372 g/mol. The largest absolute Gasteiger partial charge is 0.339 e. The Morgan fingerprint density at radius 3 is 2.15 bits per heavy atom. The molecule has 0 aliphatic heterocycles. The van der Waals surface area contributed by atoms with Crippen LogP contribution in [0.25, 0.3) is 0 Å². The van der Waals surface area contributed by atoms with Crippen LogP contribution in [-0.2, 0) is 4.79 Å². The second-order valence-electron chi connectivity index (χ2n) is 5.82. The third kappa shape index (κ3) is 5.56. The summed E-state index contributed by atoms with van der Waals surface area (Å²) in [4.78, 5) is 34.8. The number of thioether (sulfide) groups is 1. The minimum absolute atomic E-state index is 0.00426. The van der Waals surface area contributed by atoms with Crippen LogP contribution in [0, 0.1) is 13.8 Å². The molecule has 0 aliphatic carbocycles. The molecule has 1 aromatic carbocycles. The van der Waals surface area contributed by atoms with Crippen molar-refractivity contribution in [3.8, 4) is 0 Å². The number of amides is 2. The van der Waals surface area contributed by atoms with E-state index in [1.165, 1.54) is 11.8 Å². The van der Waals surface area contributed by atoms with E-state index >= 15 is 0 Å². The van der Waals surface area contributed by atoms with Gasteiger partial charge >= 0.3 is 0 Å². The van der Waals surface area contributed by atoms with Crippen LogP contribution in [0.1, 0.15) is 35.6 Å². The smallest absolute Gasteiger partial charge is 0.253 e. The van der Waals surface area contributed by atoms with Gasteiger partial charge in [0.05, 0.1) is 5.75 Å². The molecule has 0 unspecified atom stereocenters. The van der Waals surface area contributed by atoms with Crippen LogP contribution in [0.2, 0.25) is 0 Å². The molecule has 7 heteroatoms. The van der Waals surface area contributed by atoms with Crippen molar-refractivity contribution >= 4 is 29.3 Å². The molecule has 1 heterocycles. The predicted molar refractivity (Wildman–Crippen MR) is 105 cm³/mol. The van der Waals surface area contributed by atoms with E-state index in [2.05, 4.69) is 15.3 Å². The number of benzene rings is 1. The first-order valence-corrected chi connectivity index (χ1v) is 9.55. The molecule has 0 atom stereocenters. The van der Waals surface area contributed by atoms with Gasteiger partial charge in [0.2, 0.25) is 5.91 Å². The van der Waals surface area contributed by atoms with Crippen molar-refractivity contribution in [2.45, 2.75) is 32.9 Å². The summed E-state index contributed by atoms with van der Waals surface area (Å²) in [5, 5.41) is 3.42. The maximum atomic E-state index is 12.3. The summed E-state index contributed by atoms with van der Waals surface area (Å²) in [5.74, 6) is 0.0826. The lowest BCUT2D eigenvalue weighted by molar-refractivity contribution is -0.113.